The third kappa shape index (κ3) is 4.21. The fourth-order valence-electron chi connectivity index (χ4n) is 2.52. The zero-order chi connectivity index (χ0) is 14.8. The van der Waals surface area contributed by atoms with Crippen LogP contribution in [-0.4, -0.2) is 18.5 Å². The number of rotatable bonds is 4. The fraction of sp³-hybridized carbons (Fsp3) is 0.562. The SMILES string of the molecule is CC1(C)CCC(OCC(=O)c2cc(Cl)ccc2Cl)CC1. The maximum Gasteiger partial charge on any atom is 0.190 e. The number of carbonyl (C=O) groups excluding carboxylic acids is 1. The van der Waals surface area contributed by atoms with Crippen LogP contribution in [0.5, 0.6) is 0 Å². The van der Waals surface area contributed by atoms with Gasteiger partial charge in [-0.3, -0.25) is 4.79 Å². The normalized spacial score (nSPS) is 19.0. The van der Waals surface area contributed by atoms with Crippen molar-refractivity contribution < 1.29 is 9.53 Å². The van der Waals surface area contributed by atoms with E-state index in [-0.39, 0.29) is 18.5 Å². The fourth-order valence-corrected chi connectivity index (χ4v) is 2.92. The highest BCUT2D eigenvalue weighted by molar-refractivity contribution is 6.35. The molecule has 0 saturated heterocycles. The Kier molecular flexibility index (Phi) is 5.11. The van der Waals surface area contributed by atoms with Crippen LogP contribution in [-0.2, 0) is 4.74 Å². The van der Waals surface area contributed by atoms with E-state index in [4.69, 9.17) is 27.9 Å². The molecule has 1 aromatic carbocycles. The molecule has 0 bridgehead atoms. The van der Waals surface area contributed by atoms with Crippen LogP contribution in [0.25, 0.3) is 0 Å². The Morgan fingerprint density at radius 1 is 1.30 bits per heavy atom. The molecule has 1 fully saturated rings. The van der Waals surface area contributed by atoms with Crippen molar-refractivity contribution >= 4 is 29.0 Å². The van der Waals surface area contributed by atoms with Crippen LogP contribution in [0.15, 0.2) is 18.2 Å². The molecule has 20 heavy (non-hydrogen) atoms. The second kappa shape index (κ2) is 6.46. The molecule has 1 saturated carbocycles. The number of Topliss-reactive ketones (excluding diaryl/α,β-unsaturated/α-hetero) is 1. The average molecular weight is 315 g/mol. The topological polar surface area (TPSA) is 26.3 Å². The van der Waals surface area contributed by atoms with Crippen molar-refractivity contribution in [1.82, 2.24) is 0 Å². The first-order valence-electron chi connectivity index (χ1n) is 6.97. The Labute approximate surface area is 130 Å². The second-order valence-corrected chi connectivity index (χ2v) is 7.07. The molecule has 0 atom stereocenters. The third-order valence-corrected chi connectivity index (χ3v) is 4.53. The molecule has 0 amide bonds. The lowest BCUT2D eigenvalue weighted by molar-refractivity contribution is 0.00863. The van der Waals surface area contributed by atoms with Gasteiger partial charge in [-0.2, -0.15) is 0 Å². The van der Waals surface area contributed by atoms with Gasteiger partial charge in [-0.05, 0) is 49.3 Å². The van der Waals surface area contributed by atoms with E-state index in [1.807, 2.05) is 0 Å². The summed E-state index contributed by atoms with van der Waals surface area (Å²) in [6.07, 6.45) is 4.51. The quantitative estimate of drug-likeness (QED) is 0.717. The smallest absolute Gasteiger partial charge is 0.190 e. The van der Waals surface area contributed by atoms with Gasteiger partial charge in [0.05, 0.1) is 11.1 Å². The van der Waals surface area contributed by atoms with Crippen molar-refractivity contribution in [1.29, 1.82) is 0 Å². The molecule has 0 aromatic heterocycles. The highest BCUT2D eigenvalue weighted by atomic mass is 35.5. The highest BCUT2D eigenvalue weighted by Crippen LogP contribution is 2.36. The van der Waals surface area contributed by atoms with E-state index in [9.17, 15) is 4.79 Å². The zero-order valence-corrected chi connectivity index (χ0v) is 13.4. The number of ether oxygens (including phenoxy) is 1. The van der Waals surface area contributed by atoms with Crippen molar-refractivity contribution in [2.45, 2.75) is 45.6 Å². The summed E-state index contributed by atoms with van der Waals surface area (Å²) in [5.41, 5.74) is 0.843. The van der Waals surface area contributed by atoms with Crippen molar-refractivity contribution in [3.05, 3.63) is 33.8 Å². The van der Waals surface area contributed by atoms with Crippen LogP contribution in [0.3, 0.4) is 0 Å². The van der Waals surface area contributed by atoms with E-state index in [2.05, 4.69) is 13.8 Å². The molecule has 110 valence electrons. The first kappa shape index (κ1) is 15.8. The van der Waals surface area contributed by atoms with E-state index < -0.39 is 0 Å². The summed E-state index contributed by atoms with van der Waals surface area (Å²) in [5, 5.41) is 0.935. The molecule has 1 aromatic rings. The van der Waals surface area contributed by atoms with Gasteiger partial charge in [-0.1, -0.05) is 37.0 Å². The number of halogens is 2. The van der Waals surface area contributed by atoms with Gasteiger partial charge in [0.2, 0.25) is 0 Å². The van der Waals surface area contributed by atoms with Crippen LogP contribution in [0.1, 0.15) is 49.9 Å². The summed E-state index contributed by atoms with van der Waals surface area (Å²) < 4.78 is 5.74. The molecule has 0 spiro atoms. The van der Waals surface area contributed by atoms with E-state index in [0.717, 1.165) is 25.7 Å². The molecule has 1 aliphatic carbocycles. The van der Waals surface area contributed by atoms with E-state index in [1.165, 1.54) is 0 Å². The van der Waals surface area contributed by atoms with Gasteiger partial charge in [0.1, 0.15) is 6.61 Å². The van der Waals surface area contributed by atoms with Crippen LogP contribution in [0, 0.1) is 5.41 Å². The zero-order valence-electron chi connectivity index (χ0n) is 11.9. The van der Waals surface area contributed by atoms with Gasteiger partial charge in [0.25, 0.3) is 0 Å². The number of carbonyl (C=O) groups is 1. The van der Waals surface area contributed by atoms with Crippen molar-refractivity contribution in [3.63, 3.8) is 0 Å². The summed E-state index contributed by atoms with van der Waals surface area (Å²) in [6, 6.07) is 4.91. The van der Waals surface area contributed by atoms with Crippen LogP contribution in [0.4, 0.5) is 0 Å². The minimum Gasteiger partial charge on any atom is -0.370 e. The number of hydrogen-bond donors (Lipinski definition) is 0. The van der Waals surface area contributed by atoms with Crippen LogP contribution < -0.4 is 0 Å². The van der Waals surface area contributed by atoms with Crippen LogP contribution in [0.2, 0.25) is 10.0 Å². The molecular weight excluding hydrogens is 295 g/mol. The van der Waals surface area contributed by atoms with Crippen molar-refractivity contribution in [2.24, 2.45) is 5.41 Å². The lowest BCUT2D eigenvalue weighted by atomic mass is 9.76. The van der Waals surface area contributed by atoms with Crippen molar-refractivity contribution in [3.8, 4) is 0 Å². The summed E-state index contributed by atoms with van der Waals surface area (Å²) in [7, 11) is 0. The third-order valence-electron chi connectivity index (χ3n) is 3.97. The monoisotopic (exact) mass is 314 g/mol. The standard InChI is InChI=1S/C16H20Cl2O2/c1-16(2)7-5-12(6-8-16)20-10-15(19)13-9-11(17)3-4-14(13)18/h3-4,9,12H,5-8,10H2,1-2H3. The number of hydrogen-bond acceptors (Lipinski definition) is 2. The first-order chi connectivity index (χ1) is 9.37. The van der Waals surface area contributed by atoms with Gasteiger partial charge in [0, 0.05) is 10.6 Å². The van der Waals surface area contributed by atoms with E-state index >= 15 is 0 Å². The van der Waals surface area contributed by atoms with E-state index in [0.29, 0.717) is 21.0 Å². The Morgan fingerprint density at radius 2 is 1.95 bits per heavy atom. The predicted molar refractivity (Wildman–Crippen MR) is 82.8 cm³/mol. The maximum atomic E-state index is 12.1. The van der Waals surface area contributed by atoms with E-state index in [1.54, 1.807) is 18.2 Å². The van der Waals surface area contributed by atoms with Gasteiger partial charge in [-0.25, -0.2) is 0 Å². The molecule has 2 nitrogen and oxygen atoms in total. The highest BCUT2D eigenvalue weighted by Gasteiger charge is 2.27. The number of ketones is 1. The first-order valence-corrected chi connectivity index (χ1v) is 7.73. The minimum absolute atomic E-state index is 0.0746. The molecule has 0 heterocycles. The summed E-state index contributed by atoms with van der Waals surface area (Å²) >= 11 is 11.9. The molecule has 1 aliphatic rings. The molecule has 0 N–H and O–H groups in total. The maximum absolute atomic E-state index is 12.1. The molecule has 0 aliphatic heterocycles. The van der Waals surface area contributed by atoms with Crippen LogP contribution >= 0.6 is 23.2 Å². The van der Waals surface area contributed by atoms with Crippen molar-refractivity contribution in [2.75, 3.05) is 6.61 Å². The Balaban J connectivity index is 1.88. The second-order valence-electron chi connectivity index (χ2n) is 6.22. The molecule has 0 radical (unpaired) electrons. The van der Waals surface area contributed by atoms with Gasteiger partial charge in [-0.15, -0.1) is 0 Å². The Morgan fingerprint density at radius 3 is 2.60 bits per heavy atom. The Hall–Kier alpha value is -0.570. The summed E-state index contributed by atoms with van der Waals surface area (Å²) in [4.78, 5) is 12.1. The average Bonchev–Trinajstić information content (AvgIpc) is 2.40. The lowest BCUT2D eigenvalue weighted by Crippen LogP contribution is -2.28. The van der Waals surface area contributed by atoms with Gasteiger partial charge >= 0.3 is 0 Å². The molecule has 4 heteroatoms. The Bertz CT molecular complexity index is 487. The van der Waals surface area contributed by atoms with Gasteiger partial charge in [0.15, 0.2) is 5.78 Å². The largest absolute Gasteiger partial charge is 0.370 e. The lowest BCUT2D eigenvalue weighted by Gasteiger charge is -2.34. The van der Waals surface area contributed by atoms with Gasteiger partial charge < -0.3 is 4.74 Å². The molecule has 0 unspecified atom stereocenters. The predicted octanol–water partition coefficient (Wildman–Crippen LogP) is 5.16. The number of benzene rings is 1. The minimum atomic E-state index is -0.109. The summed E-state index contributed by atoms with van der Waals surface area (Å²) in [5.74, 6) is -0.109. The summed E-state index contributed by atoms with van der Waals surface area (Å²) in [6.45, 7) is 4.63. The molecule has 2 rings (SSSR count). The molecular formula is C16H20Cl2O2.